The fourth-order valence-corrected chi connectivity index (χ4v) is 1.91. The molecule has 1 aromatic rings. The second-order valence-corrected chi connectivity index (χ2v) is 5.22. The highest BCUT2D eigenvalue weighted by Crippen LogP contribution is 2.24. The van der Waals surface area contributed by atoms with Gasteiger partial charge in [0.1, 0.15) is 5.75 Å². The zero-order chi connectivity index (χ0) is 15.8. The molecule has 118 valence electrons. The number of carbonyl (C=O) groups excluding carboxylic acids is 1. The van der Waals surface area contributed by atoms with E-state index in [9.17, 15) is 13.6 Å². The van der Waals surface area contributed by atoms with Gasteiger partial charge in [0.15, 0.2) is 0 Å². The van der Waals surface area contributed by atoms with Crippen LogP contribution < -0.4 is 15.4 Å². The molecule has 1 amide bonds. The molecular weight excluding hydrogens is 302 g/mol. The topological polar surface area (TPSA) is 50.4 Å². The Morgan fingerprint density at radius 2 is 2.10 bits per heavy atom. The van der Waals surface area contributed by atoms with Gasteiger partial charge in [0.05, 0.1) is 0 Å². The second-order valence-electron chi connectivity index (χ2n) is 4.78. The van der Waals surface area contributed by atoms with Crippen LogP contribution in [0.25, 0.3) is 0 Å². The molecule has 0 bridgehead atoms. The molecule has 0 aliphatic carbocycles. The largest absolute Gasteiger partial charge is 0.434 e. The number of amides is 1. The van der Waals surface area contributed by atoms with Gasteiger partial charge in [-0.15, -0.1) is 0 Å². The molecule has 0 unspecified atom stereocenters. The van der Waals surface area contributed by atoms with Crippen molar-refractivity contribution in [2.75, 3.05) is 6.54 Å². The number of benzene rings is 1. The highest BCUT2D eigenvalue weighted by molar-refractivity contribution is 6.30. The Morgan fingerprint density at radius 1 is 1.38 bits per heavy atom. The molecule has 1 rings (SSSR count). The molecule has 0 radical (unpaired) electrons. The van der Waals surface area contributed by atoms with Crippen LogP contribution >= 0.6 is 11.6 Å². The van der Waals surface area contributed by atoms with Crippen molar-refractivity contribution in [3.05, 3.63) is 28.8 Å². The first kappa shape index (κ1) is 17.7. The Labute approximate surface area is 127 Å². The molecule has 7 heteroatoms. The van der Waals surface area contributed by atoms with Crippen LogP contribution in [0.2, 0.25) is 5.02 Å². The lowest BCUT2D eigenvalue weighted by atomic mass is 10.2. The van der Waals surface area contributed by atoms with Crippen molar-refractivity contribution >= 4 is 17.5 Å². The summed E-state index contributed by atoms with van der Waals surface area (Å²) in [6.07, 6.45) is 0.309. The SMILES string of the molecule is CC(C)NC(=O)CCNCc1cc(Cl)ccc1OC(F)F. The normalized spacial score (nSPS) is 11.0. The molecule has 0 spiro atoms. The highest BCUT2D eigenvalue weighted by Gasteiger charge is 2.10. The third-order valence-corrected chi connectivity index (χ3v) is 2.77. The van der Waals surface area contributed by atoms with Gasteiger partial charge in [-0.2, -0.15) is 8.78 Å². The zero-order valence-electron chi connectivity index (χ0n) is 12.0. The predicted molar refractivity (Wildman–Crippen MR) is 77.7 cm³/mol. The van der Waals surface area contributed by atoms with Gasteiger partial charge < -0.3 is 15.4 Å². The summed E-state index contributed by atoms with van der Waals surface area (Å²) in [5.41, 5.74) is 0.520. The molecule has 0 aliphatic rings. The monoisotopic (exact) mass is 320 g/mol. The minimum absolute atomic E-state index is 0.0624. The van der Waals surface area contributed by atoms with Crippen LogP contribution in [0.1, 0.15) is 25.8 Å². The standard InChI is InChI=1S/C14H19ClF2N2O2/c1-9(2)19-13(20)5-6-18-8-10-7-11(15)3-4-12(10)21-14(16)17/h3-4,7,9,14,18H,5-6,8H2,1-2H3,(H,19,20). The van der Waals surface area contributed by atoms with Crippen molar-refractivity contribution < 1.29 is 18.3 Å². The average molecular weight is 321 g/mol. The molecule has 0 aromatic heterocycles. The van der Waals surface area contributed by atoms with Gasteiger partial charge in [0, 0.05) is 36.1 Å². The number of ether oxygens (including phenoxy) is 1. The van der Waals surface area contributed by atoms with Crippen molar-refractivity contribution in [1.29, 1.82) is 0 Å². The zero-order valence-corrected chi connectivity index (χ0v) is 12.7. The van der Waals surface area contributed by atoms with Crippen molar-refractivity contribution in [2.24, 2.45) is 0 Å². The van der Waals surface area contributed by atoms with Gasteiger partial charge in [0.2, 0.25) is 5.91 Å². The molecule has 0 saturated carbocycles. The van der Waals surface area contributed by atoms with E-state index in [4.69, 9.17) is 11.6 Å². The predicted octanol–water partition coefficient (Wildman–Crippen LogP) is 2.95. The second kappa shape index (κ2) is 8.79. The summed E-state index contributed by atoms with van der Waals surface area (Å²) in [5.74, 6) is 0.0150. The van der Waals surface area contributed by atoms with E-state index in [-0.39, 0.29) is 24.2 Å². The van der Waals surface area contributed by atoms with Gasteiger partial charge in [-0.25, -0.2) is 0 Å². The Morgan fingerprint density at radius 3 is 2.71 bits per heavy atom. The quantitative estimate of drug-likeness (QED) is 0.724. The Balaban J connectivity index is 2.47. The number of rotatable bonds is 8. The van der Waals surface area contributed by atoms with Crippen LogP contribution in [0.4, 0.5) is 8.78 Å². The number of hydrogen-bond donors (Lipinski definition) is 2. The Kier molecular flexibility index (Phi) is 7.39. The minimum atomic E-state index is -2.89. The third kappa shape index (κ3) is 7.24. The number of nitrogens with one attached hydrogen (secondary N) is 2. The number of halogens is 3. The van der Waals surface area contributed by atoms with Crippen molar-refractivity contribution in [3.63, 3.8) is 0 Å². The summed E-state index contributed by atoms with van der Waals surface area (Å²) >= 11 is 5.84. The summed E-state index contributed by atoms with van der Waals surface area (Å²) in [6, 6.07) is 4.53. The van der Waals surface area contributed by atoms with E-state index in [1.54, 1.807) is 6.07 Å². The van der Waals surface area contributed by atoms with E-state index < -0.39 is 6.61 Å². The van der Waals surface area contributed by atoms with Crippen LogP contribution in [-0.2, 0) is 11.3 Å². The summed E-state index contributed by atoms with van der Waals surface area (Å²) < 4.78 is 29.0. The molecule has 2 N–H and O–H groups in total. The fourth-order valence-electron chi connectivity index (χ4n) is 1.72. The van der Waals surface area contributed by atoms with Crippen LogP contribution in [0, 0.1) is 0 Å². The molecule has 4 nitrogen and oxygen atoms in total. The van der Waals surface area contributed by atoms with Crippen LogP contribution in [0.5, 0.6) is 5.75 Å². The number of hydrogen-bond acceptors (Lipinski definition) is 3. The van der Waals surface area contributed by atoms with Crippen molar-refractivity contribution in [1.82, 2.24) is 10.6 Å². The molecular formula is C14H19ClF2N2O2. The van der Waals surface area contributed by atoms with E-state index in [1.807, 2.05) is 13.8 Å². The summed E-state index contributed by atoms with van der Waals surface area (Å²) in [5, 5.41) is 6.20. The van der Waals surface area contributed by atoms with Gasteiger partial charge in [-0.3, -0.25) is 4.79 Å². The third-order valence-electron chi connectivity index (χ3n) is 2.53. The summed E-state index contributed by atoms with van der Waals surface area (Å²) in [6.45, 7) is 1.59. The molecule has 0 heterocycles. The maximum Gasteiger partial charge on any atom is 0.387 e. The maximum atomic E-state index is 12.3. The molecule has 0 fully saturated rings. The Hall–Kier alpha value is -1.40. The lowest BCUT2D eigenvalue weighted by Gasteiger charge is -2.12. The van der Waals surface area contributed by atoms with Crippen LogP contribution in [0.15, 0.2) is 18.2 Å². The van der Waals surface area contributed by atoms with Crippen LogP contribution in [-0.4, -0.2) is 25.1 Å². The summed E-state index contributed by atoms with van der Waals surface area (Å²) in [7, 11) is 0. The highest BCUT2D eigenvalue weighted by atomic mass is 35.5. The minimum Gasteiger partial charge on any atom is -0.434 e. The van der Waals surface area contributed by atoms with E-state index in [0.717, 1.165) is 0 Å². The molecule has 1 aromatic carbocycles. The van der Waals surface area contributed by atoms with Crippen molar-refractivity contribution in [2.45, 2.75) is 39.5 Å². The smallest absolute Gasteiger partial charge is 0.387 e. The van der Waals surface area contributed by atoms with E-state index in [0.29, 0.717) is 23.6 Å². The molecule has 0 aliphatic heterocycles. The maximum absolute atomic E-state index is 12.3. The first-order valence-electron chi connectivity index (χ1n) is 6.61. The fraction of sp³-hybridized carbons (Fsp3) is 0.500. The lowest BCUT2D eigenvalue weighted by molar-refractivity contribution is -0.121. The van der Waals surface area contributed by atoms with E-state index >= 15 is 0 Å². The molecule has 21 heavy (non-hydrogen) atoms. The van der Waals surface area contributed by atoms with E-state index in [2.05, 4.69) is 15.4 Å². The Bertz CT molecular complexity index is 470. The molecule has 0 saturated heterocycles. The van der Waals surface area contributed by atoms with Gasteiger partial charge >= 0.3 is 6.61 Å². The first-order chi connectivity index (χ1) is 9.88. The van der Waals surface area contributed by atoms with Crippen LogP contribution in [0.3, 0.4) is 0 Å². The van der Waals surface area contributed by atoms with Gasteiger partial charge in [-0.05, 0) is 32.0 Å². The average Bonchev–Trinajstić information content (AvgIpc) is 2.36. The van der Waals surface area contributed by atoms with Gasteiger partial charge in [-0.1, -0.05) is 11.6 Å². The van der Waals surface area contributed by atoms with E-state index in [1.165, 1.54) is 12.1 Å². The number of carbonyl (C=O) groups is 1. The summed E-state index contributed by atoms with van der Waals surface area (Å²) in [4.78, 5) is 11.4. The first-order valence-corrected chi connectivity index (χ1v) is 6.99. The lowest BCUT2D eigenvalue weighted by Crippen LogP contribution is -2.32. The van der Waals surface area contributed by atoms with Gasteiger partial charge in [0.25, 0.3) is 0 Å². The molecule has 0 atom stereocenters. The number of alkyl halides is 2. The van der Waals surface area contributed by atoms with Crippen molar-refractivity contribution in [3.8, 4) is 5.75 Å².